The number of ether oxygens (including phenoxy) is 8. The third-order valence-electron chi connectivity index (χ3n) is 7.92. The summed E-state index contributed by atoms with van der Waals surface area (Å²) in [4.78, 5) is 24.8. The fraction of sp³-hybridized carbons (Fsp3) is 0.533. The van der Waals surface area contributed by atoms with Crippen LogP contribution in [-0.2, 0) is 30.1 Å². The van der Waals surface area contributed by atoms with Crippen LogP contribution in [0.4, 0.5) is 0 Å². The van der Waals surface area contributed by atoms with Gasteiger partial charge in [-0.2, -0.15) is 0 Å². The molecule has 0 unspecified atom stereocenters. The number of esters is 2. The molecule has 0 aromatic heterocycles. The van der Waals surface area contributed by atoms with Crippen molar-refractivity contribution in [3.63, 3.8) is 0 Å². The maximum Gasteiger partial charge on any atom is 0.342 e. The molecule has 2 saturated heterocycles. The largest absolute Gasteiger partial charge is 0.507 e. The Balaban J connectivity index is 1.18. The van der Waals surface area contributed by atoms with Crippen molar-refractivity contribution < 1.29 is 78.1 Å². The van der Waals surface area contributed by atoms with Crippen molar-refractivity contribution in [1.82, 2.24) is 0 Å². The lowest BCUT2D eigenvalue weighted by atomic mass is 9.97. The normalized spacial score (nSPS) is 32.3. The number of cyclic esters (lactones) is 1. The van der Waals surface area contributed by atoms with E-state index in [0.29, 0.717) is 17.7 Å². The number of phenols is 1. The van der Waals surface area contributed by atoms with Gasteiger partial charge in [0.25, 0.3) is 0 Å². The average Bonchev–Trinajstić information content (AvgIpc) is 3.31. The summed E-state index contributed by atoms with van der Waals surface area (Å²) in [7, 11) is 2.84. The van der Waals surface area contributed by atoms with Crippen molar-refractivity contribution >= 4 is 11.9 Å². The predicted octanol–water partition coefficient (Wildman–Crippen LogP) is -0.981. The summed E-state index contributed by atoms with van der Waals surface area (Å²) in [6, 6.07) is 6.91. The molecule has 0 saturated carbocycles. The molecule has 2 aromatic carbocycles. The van der Waals surface area contributed by atoms with Crippen LogP contribution in [0.3, 0.4) is 0 Å². The fourth-order valence-corrected chi connectivity index (χ4v) is 5.35. The number of fused-ring (bicyclic) bond motifs is 1. The number of benzene rings is 2. The van der Waals surface area contributed by atoms with Crippen molar-refractivity contribution in [3.05, 3.63) is 47.0 Å². The molecule has 46 heavy (non-hydrogen) atoms. The molecule has 0 amide bonds. The second-order valence-corrected chi connectivity index (χ2v) is 11.2. The van der Waals surface area contributed by atoms with E-state index >= 15 is 0 Å². The van der Waals surface area contributed by atoms with Gasteiger partial charge in [-0.3, -0.25) is 0 Å². The first-order chi connectivity index (χ1) is 21.8. The van der Waals surface area contributed by atoms with E-state index < -0.39 is 92.3 Å². The molecule has 252 valence electrons. The van der Waals surface area contributed by atoms with Gasteiger partial charge in [-0.15, -0.1) is 0 Å². The molecule has 3 aliphatic rings. The maximum atomic E-state index is 12.6. The van der Waals surface area contributed by atoms with Crippen LogP contribution in [-0.4, -0.2) is 131 Å². The van der Waals surface area contributed by atoms with Gasteiger partial charge in [0.2, 0.25) is 6.29 Å². The number of carbonyl (C=O) groups excluding carboxylic acids is 2. The Bertz CT molecular complexity index is 1430. The smallest absolute Gasteiger partial charge is 0.342 e. The number of aliphatic hydroxyl groups is 5. The molecule has 0 spiro atoms. The van der Waals surface area contributed by atoms with Gasteiger partial charge in [-0.1, -0.05) is 0 Å². The molecule has 16 nitrogen and oxygen atoms in total. The molecule has 3 aliphatic heterocycles. The zero-order valence-corrected chi connectivity index (χ0v) is 25.1. The highest BCUT2D eigenvalue weighted by atomic mass is 16.7. The van der Waals surface area contributed by atoms with Gasteiger partial charge in [0.15, 0.2) is 23.4 Å². The number of hydrogen-bond donors (Lipinski definition) is 6. The molecule has 0 radical (unpaired) electrons. The minimum atomic E-state index is -2.05. The van der Waals surface area contributed by atoms with Gasteiger partial charge >= 0.3 is 11.9 Å². The highest BCUT2D eigenvalue weighted by Gasteiger charge is 2.51. The van der Waals surface area contributed by atoms with Gasteiger partial charge < -0.3 is 68.5 Å². The van der Waals surface area contributed by atoms with Crippen LogP contribution in [0.15, 0.2) is 30.3 Å². The second kappa shape index (κ2) is 13.5. The third kappa shape index (κ3) is 6.70. The van der Waals surface area contributed by atoms with Crippen molar-refractivity contribution in [3.8, 4) is 23.0 Å². The molecule has 6 N–H and O–H groups in total. The van der Waals surface area contributed by atoms with Crippen LogP contribution in [0.25, 0.3) is 0 Å². The summed E-state index contributed by atoms with van der Waals surface area (Å²) in [6.45, 7) is 0.0368. The zero-order valence-electron chi connectivity index (χ0n) is 25.1. The molecule has 0 aliphatic carbocycles. The quantitative estimate of drug-likeness (QED) is 0.169. The zero-order chi connectivity index (χ0) is 33.3. The first-order valence-corrected chi connectivity index (χ1v) is 14.3. The van der Waals surface area contributed by atoms with Gasteiger partial charge in [-0.25, -0.2) is 9.59 Å². The van der Waals surface area contributed by atoms with E-state index in [0.717, 1.165) is 6.07 Å². The van der Waals surface area contributed by atoms with E-state index in [4.69, 9.17) is 37.9 Å². The summed E-state index contributed by atoms with van der Waals surface area (Å²) in [6.07, 6.45) is -11.3. The van der Waals surface area contributed by atoms with Crippen LogP contribution in [0.1, 0.15) is 33.2 Å². The lowest BCUT2D eigenvalue weighted by molar-refractivity contribution is -0.289. The van der Waals surface area contributed by atoms with E-state index in [1.54, 1.807) is 6.92 Å². The third-order valence-corrected chi connectivity index (χ3v) is 7.92. The Morgan fingerprint density at radius 1 is 1.00 bits per heavy atom. The monoisotopic (exact) mass is 652 g/mol. The van der Waals surface area contributed by atoms with E-state index in [1.807, 2.05) is 0 Å². The Morgan fingerprint density at radius 3 is 2.46 bits per heavy atom. The molecule has 9 atom stereocenters. The number of methoxy groups -OCH3 is 2. The molecule has 0 bridgehead atoms. The van der Waals surface area contributed by atoms with Gasteiger partial charge in [0.1, 0.15) is 60.3 Å². The van der Waals surface area contributed by atoms with E-state index in [2.05, 4.69) is 0 Å². The van der Waals surface area contributed by atoms with Crippen molar-refractivity contribution in [2.24, 2.45) is 0 Å². The van der Waals surface area contributed by atoms with Crippen LogP contribution in [0, 0.1) is 0 Å². The van der Waals surface area contributed by atoms with Crippen LogP contribution in [0.5, 0.6) is 23.0 Å². The number of carbonyl (C=O) groups is 2. The number of rotatable bonds is 10. The molecule has 2 fully saturated rings. The maximum absolute atomic E-state index is 12.6. The molecule has 3 heterocycles. The molecule has 5 rings (SSSR count). The number of phenolic OH excluding ortho intramolecular Hbond substituents is 1. The SMILES string of the molecule is COc1ccc(C(=O)OC[C@@]2(O)CO[C@@H](OC[C@H]3O[C@@H](Oc4cc(O)c5c(c4)C[C@@H](C)OC5=O)[C@H](O)[C@@H](O)[C@@H]3O)[C@@H]2O)cc1OC. The average molecular weight is 653 g/mol. The Labute approximate surface area is 262 Å². The van der Waals surface area contributed by atoms with Gasteiger partial charge in [0, 0.05) is 12.5 Å². The Hall–Kier alpha value is -3.74. The highest BCUT2D eigenvalue weighted by Crippen LogP contribution is 2.35. The van der Waals surface area contributed by atoms with E-state index in [-0.39, 0.29) is 22.6 Å². The standard InChI is InChI=1S/C30H36O16/c1-13-6-15-7-16(9-17(31)21(15)27(37)44-13)45-28-24(34)23(33)22(32)20(46-28)10-41-29-25(35)30(38,12-43-29)11-42-26(36)14-4-5-18(39-2)19(8-14)40-3/h4-5,7-9,13,20,22-25,28-29,31-35,38H,6,10-12H2,1-3H3/t13-,20-,22-,23+,24-,25+,28-,29-,30-/m1/s1. The summed E-state index contributed by atoms with van der Waals surface area (Å²) < 4.78 is 42.9. The highest BCUT2D eigenvalue weighted by molar-refractivity contribution is 5.95. The van der Waals surface area contributed by atoms with Crippen LogP contribution < -0.4 is 14.2 Å². The lowest BCUT2D eigenvalue weighted by Crippen LogP contribution is -2.60. The van der Waals surface area contributed by atoms with E-state index in [1.165, 1.54) is 38.5 Å². The lowest BCUT2D eigenvalue weighted by Gasteiger charge is -2.40. The first kappa shape index (κ1) is 33.6. The predicted molar refractivity (Wildman–Crippen MR) is 150 cm³/mol. The van der Waals surface area contributed by atoms with Crippen molar-refractivity contribution in [2.75, 3.05) is 34.0 Å². The summed E-state index contributed by atoms with van der Waals surface area (Å²) in [5.74, 6) is -1.23. The minimum Gasteiger partial charge on any atom is -0.507 e. The number of hydrogen-bond acceptors (Lipinski definition) is 16. The van der Waals surface area contributed by atoms with Crippen molar-refractivity contribution in [2.45, 2.75) is 68.1 Å². The van der Waals surface area contributed by atoms with Crippen LogP contribution >= 0.6 is 0 Å². The number of aromatic hydroxyl groups is 1. The summed E-state index contributed by atoms with van der Waals surface area (Å²) in [5.41, 5.74) is -1.52. The summed E-state index contributed by atoms with van der Waals surface area (Å²) in [5, 5.41) is 63.6. The number of aliphatic hydroxyl groups excluding tert-OH is 4. The second-order valence-electron chi connectivity index (χ2n) is 11.2. The van der Waals surface area contributed by atoms with Gasteiger partial charge in [-0.05, 0) is 36.8 Å². The molecular weight excluding hydrogens is 616 g/mol. The Kier molecular flexibility index (Phi) is 9.90. The van der Waals surface area contributed by atoms with E-state index in [9.17, 15) is 40.2 Å². The first-order valence-electron chi connectivity index (χ1n) is 14.3. The molecular formula is C30H36O16. The molecule has 2 aromatic rings. The topological polar surface area (TPSA) is 229 Å². The summed E-state index contributed by atoms with van der Waals surface area (Å²) >= 11 is 0. The van der Waals surface area contributed by atoms with Gasteiger partial charge in [0.05, 0.1) is 33.0 Å². The minimum absolute atomic E-state index is 0.00713. The molecule has 16 heteroatoms. The van der Waals surface area contributed by atoms with Crippen LogP contribution in [0.2, 0.25) is 0 Å². The fourth-order valence-electron chi connectivity index (χ4n) is 5.35. The Morgan fingerprint density at radius 2 is 1.74 bits per heavy atom. The van der Waals surface area contributed by atoms with Crippen molar-refractivity contribution in [1.29, 1.82) is 0 Å².